The summed E-state index contributed by atoms with van der Waals surface area (Å²) in [6, 6.07) is 11.0. The van der Waals surface area contributed by atoms with Crippen molar-refractivity contribution < 1.29 is 27.4 Å². The Bertz CT molecular complexity index is 1560. The Kier molecular flexibility index (Phi) is 15.2. The van der Waals surface area contributed by atoms with E-state index in [0.717, 1.165) is 35.2 Å². The van der Waals surface area contributed by atoms with Gasteiger partial charge in [-0.2, -0.15) is 8.42 Å². The highest BCUT2D eigenvalue weighted by Crippen LogP contribution is 2.33. The largest absolute Gasteiger partial charge is 0.368 e. The number of hydrogen-bond donors (Lipinski definition) is 2. The van der Waals surface area contributed by atoms with E-state index in [9.17, 15) is 22.8 Å². The summed E-state index contributed by atoms with van der Waals surface area (Å²) in [6.45, 7) is 10.1. The zero-order chi connectivity index (χ0) is 36.5. The molecule has 2 aromatic carbocycles. The van der Waals surface area contributed by atoms with Crippen LogP contribution in [0.25, 0.3) is 0 Å². The van der Waals surface area contributed by atoms with Crippen molar-refractivity contribution in [2.75, 3.05) is 64.5 Å². The molecule has 2 heterocycles. The first-order chi connectivity index (χ1) is 22.9. The van der Waals surface area contributed by atoms with Crippen molar-refractivity contribution in [2.45, 2.75) is 65.0 Å². The fourth-order valence-corrected chi connectivity index (χ4v) is 6.66. The number of carbonyl (C=O) groups is 3. The van der Waals surface area contributed by atoms with Crippen LogP contribution in [0.5, 0.6) is 0 Å². The SMILES string of the molecule is CS(=O)(=O)O.Cc1ccc(N2CCN(C(=O)[C@@H](Cc3ccc(Cl)cc3Cl)N3CCCC3=O)CC2)c([C@H](CC(C)C)NC(=O)CCN(C)C)c1. The Morgan fingerprint density at radius 3 is 2.22 bits per heavy atom. The van der Waals surface area contributed by atoms with Gasteiger partial charge in [0.1, 0.15) is 6.04 Å². The van der Waals surface area contributed by atoms with E-state index < -0.39 is 16.2 Å². The highest BCUT2D eigenvalue weighted by Gasteiger charge is 2.37. The van der Waals surface area contributed by atoms with Gasteiger partial charge in [0.05, 0.1) is 12.3 Å². The minimum atomic E-state index is -3.67. The first-order valence-electron chi connectivity index (χ1n) is 16.7. The summed E-state index contributed by atoms with van der Waals surface area (Å²) in [4.78, 5) is 47.7. The number of hydrogen-bond acceptors (Lipinski definition) is 7. The van der Waals surface area contributed by atoms with Crippen LogP contribution in [0, 0.1) is 12.8 Å². The van der Waals surface area contributed by atoms with Crippen molar-refractivity contribution in [1.29, 1.82) is 0 Å². The summed E-state index contributed by atoms with van der Waals surface area (Å²) < 4.78 is 25.9. The Labute approximate surface area is 301 Å². The number of amides is 3. The number of piperazine rings is 1. The molecule has 2 aromatic rings. The quantitative estimate of drug-likeness (QED) is 0.296. The van der Waals surface area contributed by atoms with Crippen LogP contribution in [0.3, 0.4) is 0 Å². The van der Waals surface area contributed by atoms with Gasteiger partial charge in [-0.3, -0.25) is 18.9 Å². The van der Waals surface area contributed by atoms with Gasteiger partial charge in [0.25, 0.3) is 10.1 Å². The summed E-state index contributed by atoms with van der Waals surface area (Å²) >= 11 is 12.6. The molecule has 0 bridgehead atoms. The number of likely N-dealkylation sites (tertiary alicyclic amines) is 1. The van der Waals surface area contributed by atoms with Gasteiger partial charge < -0.3 is 24.9 Å². The van der Waals surface area contributed by atoms with Gasteiger partial charge in [-0.1, -0.05) is 60.8 Å². The number of benzene rings is 2. The summed E-state index contributed by atoms with van der Waals surface area (Å²) in [5.41, 5.74) is 4.17. The summed E-state index contributed by atoms with van der Waals surface area (Å²) in [7, 11) is 0.278. The van der Waals surface area contributed by atoms with Gasteiger partial charge in [-0.15, -0.1) is 0 Å². The van der Waals surface area contributed by atoms with Crippen LogP contribution in [0.1, 0.15) is 62.3 Å². The molecule has 11 nitrogen and oxygen atoms in total. The molecule has 0 aromatic heterocycles. The molecule has 0 radical (unpaired) electrons. The second-order valence-corrected chi connectivity index (χ2v) is 15.9. The zero-order valence-corrected chi connectivity index (χ0v) is 31.7. The van der Waals surface area contributed by atoms with Gasteiger partial charge in [0.2, 0.25) is 17.7 Å². The average Bonchev–Trinajstić information content (AvgIpc) is 3.43. The van der Waals surface area contributed by atoms with E-state index in [-0.39, 0.29) is 23.8 Å². The maximum absolute atomic E-state index is 14.0. The van der Waals surface area contributed by atoms with Crippen LogP contribution < -0.4 is 10.2 Å². The summed E-state index contributed by atoms with van der Waals surface area (Å²) in [5, 5.41) is 4.36. The van der Waals surface area contributed by atoms with Crippen molar-refractivity contribution in [3.05, 3.63) is 63.1 Å². The molecule has 2 saturated heterocycles. The van der Waals surface area contributed by atoms with E-state index in [0.29, 0.717) is 80.7 Å². The highest BCUT2D eigenvalue weighted by atomic mass is 35.5. The van der Waals surface area contributed by atoms with E-state index in [2.05, 4.69) is 49.2 Å². The fraction of sp³-hybridized carbons (Fsp3) is 0.571. The van der Waals surface area contributed by atoms with Gasteiger partial charge >= 0.3 is 0 Å². The van der Waals surface area contributed by atoms with Crippen LogP contribution >= 0.6 is 23.2 Å². The molecule has 2 N–H and O–H groups in total. The molecule has 14 heteroatoms. The first-order valence-corrected chi connectivity index (χ1v) is 19.3. The first kappa shape index (κ1) is 40.5. The predicted octanol–water partition coefficient (Wildman–Crippen LogP) is 4.84. The lowest BCUT2D eigenvalue weighted by molar-refractivity contribution is -0.143. The molecule has 272 valence electrons. The number of rotatable bonds is 12. The number of carbonyl (C=O) groups excluding carboxylic acids is 3. The van der Waals surface area contributed by atoms with Crippen LogP contribution in [0.2, 0.25) is 10.0 Å². The van der Waals surface area contributed by atoms with Gasteiger partial charge in [0, 0.05) is 74.3 Å². The molecule has 4 rings (SSSR count). The molecule has 0 unspecified atom stereocenters. The van der Waals surface area contributed by atoms with Gasteiger partial charge in [-0.05, 0) is 69.1 Å². The Hall–Kier alpha value is -2.90. The monoisotopic (exact) mass is 739 g/mol. The Morgan fingerprint density at radius 1 is 1.02 bits per heavy atom. The van der Waals surface area contributed by atoms with Crippen molar-refractivity contribution in [3.8, 4) is 0 Å². The molecule has 49 heavy (non-hydrogen) atoms. The molecule has 2 fully saturated rings. The molecule has 2 atom stereocenters. The Balaban J connectivity index is 0.00000121. The van der Waals surface area contributed by atoms with Gasteiger partial charge in [0.15, 0.2) is 0 Å². The lowest BCUT2D eigenvalue weighted by atomic mass is 9.93. The third-order valence-electron chi connectivity index (χ3n) is 8.52. The third kappa shape index (κ3) is 13.1. The van der Waals surface area contributed by atoms with E-state index >= 15 is 0 Å². The number of halogens is 2. The number of anilines is 1. The topological polar surface area (TPSA) is 131 Å². The van der Waals surface area contributed by atoms with E-state index in [1.54, 1.807) is 17.0 Å². The van der Waals surface area contributed by atoms with E-state index in [1.807, 2.05) is 30.0 Å². The lowest BCUT2D eigenvalue weighted by Crippen LogP contribution is -2.56. The van der Waals surface area contributed by atoms with Crippen molar-refractivity contribution >= 4 is 56.7 Å². The van der Waals surface area contributed by atoms with Crippen molar-refractivity contribution in [1.82, 2.24) is 20.0 Å². The molecular weight excluding hydrogens is 689 g/mol. The van der Waals surface area contributed by atoms with Crippen molar-refractivity contribution in [3.63, 3.8) is 0 Å². The average molecular weight is 741 g/mol. The van der Waals surface area contributed by atoms with E-state index in [4.69, 9.17) is 27.8 Å². The highest BCUT2D eigenvalue weighted by molar-refractivity contribution is 7.85. The Morgan fingerprint density at radius 2 is 1.67 bits per heavy atom. The van der Waals surface area contributed by atoms with Gasteiger partial charge in [-0.25, -0.2) is 0 Å². The minimum Gasteiger partial charge on any atom is -0.368 e. The van der Waals surface area contributed by atoms with Crippen LogP contribution in [0.15, 0.2) is 36.4 Å². The molecule has 0 spiro atoms. The molecular formula is C35H51Cl2N5O6S. The number of aryl methyl sites for hydroxylation is 1. The fourth-order valence-electron chi connectivity index (χ4n) is 6.17. The number of nitrogens with one attached hydrogen (secondary N) is 1. The lowest BCUT2D eigenvalue weighted by Gasteiger charge is -2.40. The summed E-state index contributed by atoms with van der Waals surface area (Å²) in [6.07, 6.45) is 3.57. The number of nitrogens with zero attached hydrogens (tertiary/aromatic N) is 4. The molecule has 3 amide bonds. The maximum Gasteiger partial charge on any atom is 0.261 e. The smallest absolute Gasteiger partial charge is 0.261 e. The second-order valence-electron chi connectivity index (χ2n) is 13.6. The van der Waals surface area contributed by atoms with Crippen LogP contribution in [-0.2, 0) is 30.9 Å². The predicted molar refractivity (Wildman–Crippen MR) is 196 cm³/mol. The summed E-state index contributed by atoms with van der Waals surface area (Å²) in [5.74, 6) is 0.424. The van der Waals surface area contributed by atoms with E-state index in [1.165, 1.54) is 0 Å². The zero-order valence-electron chi connectivity index (χ0n) is 29.4. The second kappa shape index (κ2) is 18.4. The van der Waals surface area contributed by atoms with Crippen molar-refractivity contribution in [2.24, 2.45) is 5.92 Å². The molecule has 0 saturated carbocycles. The maximum atomic E-state index is 14.0. The molecule has 0 aliphatic carbocycles. The van der Waals surface area contributed by atoms with Crippen LogP contribution in [-0.4, -0.2) is 111 Å². The standard InChI is InChI=1S/C34H47Cl2N5O3.CH4O3S/c1-23(2)19-29(37-32(42)12-14-38(4)5)27-20-24(3)8-11-30(27)39-15-17-40(18-16-39)34(44)31(41-13-6-7-33(41)43)21-25-9-10-26(35)22-28(25)36;1-5(2,3)4/h8-11,20,22-23,29,31H,6-7,12-19,21H2,1-5H3,(H,37,42);1H3,(H,2,3,4)/t29-,31+;/m0./s1. The third-order valence-corrected chi connectivity index (χ3v) is 9.11. The minimum absolute atomic E-state index is 0.0141. The molecule has 2 aliphatic rings. The molecule has 2 aliphatic heterocycles. The van der Waals surface area contributed by atoms with Crippen LogP contribution in [0.4, 0.5) is 5.69 Å². The normalized spacial score (nSPS) is 16.5.